The van der Waals surface area contributed by atoms with E-state index < -0.39 is 0 Å². The van der Waals surface area contributed by atoms with Crippen molar-refractivity contribution in [3.63, 3.8) is 0 Å². The summed E-state index contributed by atoms with van der Waals surface area (Å²) in [7, 11) is 0. The van der Waals surface area contributed by atoms with Crippen LogP contribution >= 0.6 is 0 Å². The number of aliphatic hydroxyl groups is 1. The van der Waals surface area contributed by atoms with Crippen molar-refractivity contribution in [2.75, 3.05) is 13.2 Å². The van der Waals surface area contributed by atoms with Crippen LogP contribution in [-0.4, -0.2) is 39.7 Å². The summed E-state index contributed by atoms with van der Waals surface area (Å²) < 4.78 is 7.75. The lowest BCUT2D eigenvalue weighted by atomic mass is 9.86. The topological polar surface area (TPSA) is 75.9 Å². The van der Waals surface area contributed by atoms with E-state index >= 15 is 0 Å². The highest BCUT2D eigenvalue weighted by Gasteiger charge is 2.22. The lowest BCUT2D eigenvalue weighted by molar-refractivity contribution is 0.0915. The van der Waals surface area contributed by atoms with Crippen molar-refractivity contribution < 1.29 is 14.6 Å². The number of aromatic nitrogens is 2. The first kappa shape index (κ1) is 16.8. The normalized spacial score (nSPS) is 16.0. The predicted octanol–water partition coefficient (Wildman–Crippen LogP) is 2.19. The van der Waals surface area contributed by atoms with Gasteiger partial charge in [0.15, 0.2) is 11.4 Å². The Morgan fingerprint density at radius 3 is 2.96 bits per heavy atom. The minimum atomic E-state index is -0.300. The number of ether oxygens (including phenoxy) is 1. The number of nitrogens with one attached hydrogen (secondary N) is 1. The number of rotatable bonds is 7. The van der Waals surface area contributed by atoms with Gasteiger partial charge in [0.05, 0.1) is 18.9 Å². The fourth-order valence-corrected chi connectivity index (χ4v) is 2.89. The molecule has 0 spiro atoms. The molecule has 0 aromatic carbocycles. The molecule has 0 saturated heterocycles. The Morgan fingerprint density at radius 2 is 2.33 bits per heavy atom. The van der Waals surface area contributed by atoms with Crippen molar-refractivity contribution in [2.24, 2.45) is 5.92 Å². The maximum Gasteiger partial charge on any atom is 0.270 e. The third kappa shape index (κ3) is 3.24. The number of amides is 1. The second-order valence-electron chi connectivity index (χ2n) is 6.49. The van der Waals surface area contributed by atoms with Gasteiger partial charge in [-0.2, -0.15) is 0 Å². The highest BCUT2D eigenvalue weighted by Crippen LogP contribution is 2.29. The molecule has 2 aromatic heterocycles. The molecule has 1 fully saturated rings. The zero-order valence-corrected chi connectivity index (χ0v) is 14.3. The van der Waals surface area contributed by atoms with Crippen molar-refractivity contribution in [3.8, 4) is 5.75 Å². The molecular formula is C18H25N3O3. The van der Waals surface area contributed by atoms with Gasteiger partial charge in [-0.05, 0) is 44.2 Å². The maximum absolute atomic E-state index is 12.6. The van der Waals surface area contributed by atoms with Crippen LogP contribution in [-0.2, 0) is 6.42 Å². The van der Waals surface area contributed by atoms with E-state index in [1.807, 2.05) is 25.3 Å². The van der Waals surface area contributed by atoms with Crippen LogP contribution in [0.2, 0.25) is 0 Å². The Kier molecular flexibility index (Phi) is 5.04. The summed E-state index contributed by atoms with van der Waals surface area (Å²) in [5, 5.41) is 12.0. The number of pyridine rings is 1. The van der Waals surface area contributed by atoms with Gasteiger partial charge in [-0.15, -0.1) is 0 Å². The standard InChI is InChI=1S/C18H25N3O3/c1-3-14-16(18(23)19-12(2)10-22)21-9-5-8-15(17(21)20-14)24-11-13-6-4-7-13/h5,8-9,12-13,22H,3-4,6-7,10-11H2,1-2H3,(H,19,23). The summed E-state index contributed by atoms with van der Waals surface area (Å²) >= 11 is 0. The quantitative estimate of drug-likeness (QED) is 0.815. The second-order valence-corrected chi connectivity index (χ2v) is 6.49. The smallest absolute Gasteiger partial charge is 0.270 e. The number of fused-ring (bicyclic) bond motifs is 1. The Labute approximate surface area is 141 Å². The van der Waals surface area contributed by atoms with Gasteiger partial charge in [0, 0.05) is 12.2 Å². The number of carbonyl (C=O) groups excluding carboxylic acids is 1. The summed E-state index contributed by atoms with van der Waals surface area (Å²) in [6.07, 6.45) is 6.22. The van der Waals surface area contributed by atoms with Crippen molar-refractivity contribution >= 4 is 11.6 Å². The molecule has 0 bridgehead atoms. The average molecular weight is 331 g/mol. The Hall–Kier alpha value is -2.08. The third-order valence-electron chi connectivity index (χ3n) is 4.59. The number of aliphatic hydroxyl groups excluding tert-OH is 1. The second kappa shape index (κ2) is 7.21. The van der Waals surface area contributed by atoms with Crippen LogP contribution in [0.25, 0.3) is 5.65 Å². The fourth-order valence-electron chi connectivity index (χ4n) is 2.89. The molecule has 1 amide bonds. The first-order chi connectivity index (χ1) is 11.6. The van der Waals surface area contributed by atoms with E-state index in [2.05, 4.69) is 10.3 Å². The number of imidazole rings is 1. The fraction of sp³-hybridized carbons (Fsp3) is 0.556. The highest BCUT2D eigenvalue weighted by atomic mass is 16.5. The Balaban J connectivity index is 1.91. The molecule has 1 unspecified atom stereocenters. The van der Waals surface area contributed by atoms with Crippen molar-refractivity contribution in [2.45, 2.75) is 45.6 Å². The van der Waals surface area contributed by atoms with Gasteiger partial charge in [-0.3, -0.25) is 9.20 Å². The van der Waals surface area contributed by atoms with Crippen molar-refractivity contribution in [3.05, 3.63) is 29.7 Å². The number of aryl methyl sites for hydroxylation is 1. The monoisotopic (exact) mass is 331 g/mol. The first-order valence-electron chi connectivity index (χ1n) is 8.68. The molecule has 1 aliphatic carbocycles. The first-order valence-corrected chi connectivity index (χ1v) is 8.68. The van der Waals surface area contributed by atoms with Crippen molar-refractivity contribution in [1.82, 2.24) is 14.7 Å². The van der Waals surface area contributed by atoms with Crippen LogP contribution in [0.4, 0.5) is 0 Å². The molecule has 1 saturated carbocycles. The summed E-state index contributed by atoms with van der Waals surface area (Å²) in [4.78, 5) is 17.2. The summed E-state index contributed by atoms with van der Waals surface area (Å²) in [5.41, 5.74) is 1.93. The molecule has 1 aliphatic rings. The largest absolute Gasteiger partial charge is 0.489 e. The summed E-state index contributed by atoms with van der Waals surface area (Å²) in [6.45, 7) is 4.35. The third-order valence-corrected chi connectivity index (χ3v) is 4.59. The van der Waals surface area contributed by atoms with Crippen LogP contribution in [0, 0.1) is 5.92 Å². The van der Waals surface area contributed by atoms with Crippen LogP contribution in [0.3, 0.4) is 0 Å². The lowest BCUT2D eigenvalue weighted by Crippen LogP contribution is -2.36. The molecule has 0 aliphatic heterocycles. The van der Waals surface area contributed by atoms with Gasteiger partial charge < -0.3 is 15.2 Å². The molecule has 6 nitrogen and oxygen atoms in total. The van der Waals surface area contributed by atoms with Crippen molar-refractivity contribution in [1.29, 1.82) is 0 Å². The minimum absolute atomic E-state index is 0.0975. The van der Waals surface area contributed by atoms with Gasteiger partial charge in [-0.1, -0.05) is 13.3 Å². The lowest BCUT2D eigenvalue weighted by Gasteiger charge is -2.25. The number of carbonyl (C=O) groups is 1. The molecule has 3 rings (SSSR count). The highest BCUT2D eigenvalue weighted by molar-refractivity contribution is 5.95. The maximum atomic E-state index is 12.6. The van der Waals surface area contributed by atoms with E-state index in [1.54, 1.807) is 11.3 Å². The molecule has 6 heteroatoms. The van der Waals surface area contributed by atoms with Crippen LogP contribution in [0.1, 0.15) is 49.3 Å². The average Bonchev–Trinajstić information content (AvgIpc) is 2.92. The molecule has 2 N–H and O–H groups in total. The Bertz CT molecular complexity index is 722. The number of hydrogen-bond acceptors (Lipinski definition) is 4. The van der Waals surface area contributed by atoms with Crippen LogP contribution in [0.15, 0.2) is 18.3 Å². The van der Waals surface area contributed by atoms with Gasteiger partial charge in [0.1, 0.15) is 5.69 Å². The van der Waals surface area contributed by atoms with Gasteiger partial charge in [0.2, 0.25) is 0 Å². The Morgan fingerprint density at radius 1 is 1.54 bits per heavy atom. The zero-order valence-electron chi connectivity index (χ0n) is 14.3. The number of hydrogen-bond donors (Lipinski definition) is 2. The van der Waals surface area contributed by atoms with Crippen LogP contribution in [0.5, 0.6) is 5.75 Å². The molecule has 0 radical (unpaired) electrons. The summed E-state index contributed by atoms with van der Waals surface area (Å²) in [6, 6.07) is 3.47. The molecule has 2 heterocycles. The zero-order chi connectivity index (χ0) is 17.1. The van der Waals surface area contributed by atoms with E-state index in [1.165, 1.54) is 19.3 Å². The van der Waals surface area contributed by atoms with Gasteiger partial charge >= 0.3 is 0 Å². The molecule has 24 heavy (non-hydrogen) atoms. The molecule has 130 valence electrons. The molecule has 2 aromatic rings. The SMILES string of the molecule is CCc1nc2c(OCC3CCC3)cccn2c1C(=O)NC(C)CO. The molecule has 1 atom stereocenters. The van der Waals surface area contributed by atoms with Gasteiger partial charge in [0.25, 0.3) is 5.91 Å². The molecular weight excluding hydrogens is 306 g/mol. The van der Waals surface area contributed by atoms with Gasteiger partial charge in [-0.25, -0.2) is 4.98 Å². The summed E-state index contributed by atoms with van der Waals surface area (Å²) in [5.74, 6) is 1.13. The van der Waals surface area contributed by atoms with Crippen LogP contribution < -0.4 is 10.1 Å². The van der Waals surface area contributed by atoms with E-state index in [-0.39, 0.29) is 18.6 Å². The number of nitrogens with zero attached hydrogens (tertiary/aromatic N) is 2. The van der Waals surface area contributed by atoms with E-state index in [4.69, 9.17) is 9.84 Å². The van der Waals surface area contributed by atoms with E-state index in [0.717, 1.165) is 5.69 Å². The minimum Gasteiger partial charge on any atom is -0.489 e. The van der Waals surface area contributed by atoms with E-state index in [9.17, 15) is 4.79 Å². The predicted molar refractivity (Wildman–Crippen MR) is 91.4 cm³/mol. The van der Waals surface area contributed by atoms with E-state index in [0.29, 0.717) is 36.0 Å².